The number of rotatable bonds is 23. The van der Waals surface area contributed by atoms with E-state index in [1.54, 1.807) is 0 Å². The van der Waals surface area contributed by atoms with E-state index in [9.17, 15) is 14.4 Å². The second-order valence-electron chi connectivity index (χ2n) is 9.33. The van der Waals surface area contributed by atoms with Crippen LogP contribution in [0.1, 0.15) is 129 Å². The highest BCUT2D eigenvalue weighted by Gasteiger charge is 2.24. The predicted octanol–water partition coefficient (Wildman–Crippen LogP) is 5.31. The molecule has 0 radical (unpaired) electrons. The molecule has 0 saturated carbocycles. The first-order valence-electron chi connectivity index (χ1n) is 13.4. The van der Waals surface area contributed by atoms with Crippen LogP contribution in [0.15, 0.2) is 0 Å². The second-order valence-corrected chi connectivity index (χ2v) is 9.33. The van der Waals surface area contributed by atoms with Crippen LogP contribution in [0.3, 0.4) is 0 Å². The van der Waals surface area contributed by atoms with Gasteiger partial charge in [0.15, 0.2) is 0 Å². The summed E-state index contributed by atoms with van der Waals surface area (Å²) in [6, 6.07) is -1.63. The summed E-state index contributed by atoms with van der Waals surface area (Å²) in [4.78, 5) is 35.0. The highest BCUT2D eigenvalue weighted by Crippen LogP contribution is 2.13. The molecule has 0 aromatic heterocycles. The van der Waals surface area contributed by atoms with Crippen LogP contribution in [-0.4, -0.2) is 36.5 Å². The number of hydrogen-bond donors (Lipinski definition) is 3. The van der Waals surface area contributed by atoms with Crippen molar-refractivity contribution in [1.29, 1.82) is 0 Å². The molecule has 2 atom stereocenters. The molecule has 0 fully saturated rings. The van der Waals surface area contributed by atoms with Gasteiger partial charge >= 0.3 is 5.97 Å². The van der Waals surface area contributed by atoms with Gasteiger partial charge in [0.25, 0.3) is 0 Å². The van der Waals surface area contributed by atoms with Gasteiger partial charge in [-0.25, -0.2) is 4.79 Å². The first-order chi connectivity index (χ1) is 15.9. The Bertz CT molecular complexity index is 518. The second kappa shape index (κ2) is 24.8. The van der Waals surface area contributed by atoms with Crippen LogP contribution >= 0.6 is 12.4 Å². The maximum Gasteiger partial charge on any atom is 0.328 e. The lowest BCUT2D eigenvalue weighted by Crippen LogP contribution is -2.48. The average Bonchev–Trinajstić information content (AvgIpc) is 2.78. The van der Waals surface area contributed by atoms with Gasteiger partial charge in [-0.2, -0.15) is 0 Å². The summed E-state index contributed by atoms with van der Waals surface area (Å²) >= 11 is 0. The molecule has 0 heterocycles. The summed E-state index contributed by atoms with van der Waals surface area (Å²) in [5, 5.41) is 2.53. The Balaban J connectivity index is 0. The SMILES string of the molecule is CCCCCCCCCCCCCCCCCCOC(=O)C(CCC(N)=O)NC(=O)C(C)N.Cl. The van der Waals surface area contributed by atoms with E-state index in [1.807, 2.05) is 0 Å². The molecule has 202 valence electrons. The van der Waals surface area contributed by atoms with Crippen molar-refractivity contribution >= 4 is 30.2 Å². The lowest BCUT2D eigenvalue weighted by molar-refractivity contribution is -0.148. The Morgan fingerprint density at radius 3 is 1.56 bits per heavy atom. The summed E-state index contributed by atoms with van der Waals surface area (Å²) in [5.74, 6) is -1.52. The highest BCUT2D eigenvalue weighted by atomic mass is 35.5. The van der Waals surface area contributed by atoms with Gasteiger partial charge in [-0.3, -0.25) is 9.59 Å². The molecular weight excluding hydrogens is 454 g/mol. The molecule has 0 spiro atoms. The number of primary amides is 1. The van der Waals surface area contributed by atoms with Crippen molar-refractivity contribution in [1.82, 2.24) is 5.32 Å². The molecule has 0 aliphatic rings. The normalized spacial score (nSPS) is 12.4. The van der Waals surface area contributed by atoms with Gasteiger partial charge in [0.2, 0.25) is 11.8 Å². The van der Waals surface area contributed by atoms with E-state index in [0.717, 1.165) is 19.3 Å². The molecule has 2 amide bonds. The topological polar surface area (TPSA) is 125 Å². The zero-order chi connectivity index (χ0) is 24.7. The molecule has 8 heteroatoms. The number of esters is 1. The number of halogens is 1. The number of ether oxygens (including phenoxy) is 1. The summed E-state index contributed by atoms with van der Waals surface area (Å²) in [6.45, 7) is 4.11. The molecule has 0 saturated heterocycles. The molecule has 7 nitrogen and oxygen atoms in total. The molecule has 5 N–H and O–H groups in total. The van der Waals surface area contributed by atoms with Gasteiger partial charge in [-0.05, 0) is 19.8 Å². The quantitative estimate of drug-likeness (QED) is 0.128. The van der Waals surface area contributed by atoms with Crippen molar-refractivity contribution in [3.05, 3.63) is 0 Å². The fraction of sp³-hybridized carbons (Fsp3) is 0.885. The third kappa shape index (κ3) is 22.5. The molecule has 2 unspecified atom stereocenters. The van der Waals surface area contributed by atoms with E-state index in [0.29, 0.717) is 6.61 Å². The number of carbonyl (C=O) groups is 3. The van der Waals surface area contributed by atoms with Crippen molar-refractivity contribution in [3.8, 4) is 0 Å². The van der Waals surface area contributed by atoms with E-state index in [2.05, 4.69) is 12.2 Å². The van der Waals surface area contributed by atoms with Crippen molar-refractivity contribution in [2.24, 2.45) is 11.5 Å². The Labute approximate surface area is 214 Å². The number of hydrogen-bond acceptors (Lipinski definition) is 5. The molecule has 0 aliphatic carbocycles. The Hall–Kier alpha value is -1.34. The summed E-state index contributed by atoms with van der Waals surface area (Å²) < 4.78 is 5.29. The Morgan fingerprint density at radius 2 is 1.18 bits per heavy atom. The maximum absolute atomic E-state index is 12.2. The fourth-order valence-corrected chi connectivity index (χ4v) is 3.76. The van der Waals surface area contributed by atoms with Crippen LogP contribution in [0, 0.1) is 0 Å². The van der Waals surface area contributed by atoms with E-state index in [-0.39, 0.29) is 25.2 Å². The highest BCUT2D eigenvalue weighted by molar-refractivity contribution is 5.87. The predicted molar refractivity (Wildman–Crippen MR) is 142 cm³/mol. The Kier molecular flexibility index (Phi) is 25.4. The minimum Gasteiger partial charge on any atom is -0.464 e. The Morgan fingerprint density at radius 1 is 0.765 bits per heavy atom. The van der Waals surface area contributed by atoms with Gasteiger partial charge in [-0.15, -0.1) is 12.4 Å². The number of carbonyl (C=O) groups excluding carboxylic acids is 3. The molecule has 0 rings (SSSR count). The van der Waals surface area contributed by atoms with Crippen LogP contribution in [-0.2, 0) is 19.1 Å². The number of nitrogens with two attached hydrogens (primary N) is 2. The standard InChI is InChI=1S/C26H51N3O4.ClH/c1-3-4-5-6-7-8-9-10-11-12-13-14-15-16-17-18-21-33-26(32)23(19-20-24(28)30)29-25(31)22(2)27;/h22-23H,3-21,27H2,1-2H3,(H2,28,30)(H,29,31);1H. The maximum atomic E-state index is 12.2. The van der Waals surface area contributed by atoms with Crippen molar-refractivity contribution in [3.63, 3.8) is 0 Å². The van der Waals surface area contributed by atoms with Crippen LogP contribution in [0.25, 0.3) is 0 Å². The monoisotopic (exact) mass is 505 g/mol. The van der Waals surface area contributed by atoms with E-state index in [1.165, 1.54) is 90.4 Å². The third-order valence-corrected chi connectivity index (χ3v) is 5.94. The van der Waals surface area contributed by atoms with Gasteiger partial charge < -0.3 is 21.5 Å². The van der Waals surface area contributed by atoms with Crippen LogP contribution < -0.4 is 16.8 Å². The lowest BCUT2D eigenvalue weighted by atomic mass is 10.0. The first-order valence-corrected chi connectivity index (χ1v) is 13.4. The number of unbranched alkanes of at least 4 members (excludes halogenated alkanes) is 15. The molecule has 0 aromatic carbocycles. The fourth-order valence-electron chi connectivity index (χ4n) is 3.76. The summed E-state index contributed by atoms with van der Waals surface area (Å²) in [6.07, 6.45) is 20.7. The third-order valence-electron chi connectivity index (χ3n) is 5.94. The first kappa shape index (κ1) is 34.8. The minimum atomic E-state index is -0.892. The molecule has 34 heavy (non-hydrogen) atoms. The van der Waals surface area contributed by atoms with Gasteiger partial charge in [0.1, 0.15) is 6.04 Å². The van der Waals surface area contributed by atoms with Gasteiger partial charge in [0.05, 0.1) is 12.6 Å². The van der Waals surface area contributed by atoms with E-state index < -0.39 is 29.9 Å². The zero-order valence-corrected chi connectivity index (χ0v) is 22.6. The molecule has 0 aliphatic heterocycles. The van der Waals surface area contributed by atoms with Gasteiger partial charge in [-0.1, -0.05) is 103 Å². The smallest absolute Gasteiger partial charge is 0.328 e. The molecule has 0 aromatic rings. The van der Waals surface area contributed by atoms with Crippen LogP contribution in [0.2, 0.25) is 0 Å². The molecule has 0 bridgehead atoms. The summed E-state index contributed by atoms with van der Waals surface area (Å²) in [7, 11) is 0. The van der Waals surface area contributed by atoms with Crippen LogP contribution in [0.4, 0.5) is 0 Å². The van der Waals surface area contributed by atoms with Crippen LogP contribution in [0.5, 0.6) is 0 Å². The van der Waals surface area contributed by atoms with Crippen molar-refractivity contribution in [2.75, 3.05) is 6.61 Å². The summed E-state index contributed by atoms with van der Waals surface area (Å²) in [5.41, 5.74) is 10.7. The van der Waals surface area contributed by atoms with Crippen molar-refractivity contribution in [2.45, 2.75) is 142 Å². The zero-order valence-electron chi connectivity index (χ0n) is 21.8. The largest absolute Gasteiger partial charge is 0.464 e. The van der Waals surface area contributed by atoms with E-state index in [4.69, 9.17) is 16.2 Å². The average molecular weight is 506 g/mol. The van der Waals surface area contributed by atoms with Crippen molar-refractivity contribution < 1.29 is 19.1 Å². The number of nitrogens with one attached hydrogen (secondary N) is 1. The lowest BCUT2D eigenvalue weighted by Gasteiger charge is -2.18. The van der Waals surface area contributed by atoms with Gasteiger partial charge in [0, 0.05) is 6.42 Å². The van der Waals surface area contributed by atoms with E-state index >= 15 is 0 Å². The minimum absolute atomic E-state index is 0. The number of amides is 2. The molecular formula is C26H52ClN3O4.